The van der Waals surface area contributed by atoms with E-state index in [2.05, 4.69) is 30.3 Å². The van der Waals surface area contributed by atoms with Gasteiger partial charge in [-0.15, -0.1) is 0 Å². The summed E-state index contributed by atoms with van der Waals surface area (Å²) in [6, 6.07) is 7.29. The number of rotatable bonds is 6. The number of fused-ring (bicyclic) bond motifs is 1. The number of nitrogens with zero attached hydrogens (tertiary/aromatic N) is 7. The minimum Gasteiger partial charge on any atom is -0.394 e. The average molecular weight is 366 g/mol. The van der Waals surface area contributed by atoms with E-state index in [0.29, 0.717) is 29.2 Å². The fourth-order valence-electron chi connectivity index (χ4n) is 3.14. The van der Waals surface area contributed by atoms with Gasteiger partial charge in [0.05, 0.1) is 19.0 Å². The van der Waals surface area contributed by atoms with E-state index in [1.165, 1.54) is 6.33 Å². The molecule has 0 amide bonds. The second-order valence-electron chi connectivity index (χ2n) is 6.23. The molecule has 0 saturated carbocycles. The van der Waals surface area contributed by atoms with Gasteiger partial charge in [0.1, 0.15) is 12.6 Å². The number of ether oxygens (including phenoxy) is 1. The molecule has 1 aliphatic rings. The van der Waals surface area contributed by atoms with Gasteiger partial charge in [-0.2, -0.15) is 0 Å². The summed E-state index contributed by atoms with van der Waals surface area (Å²) in [5.41, 5.74) is 11.4. The number of nitrogens with one attached hydrogen (secondary N) is 1. The summed E-state index contributed by atoms with van der Waals surface area (Å²) in [5, 5.41) is 16.1. The molecule has 1 saturated heterocycles. The van der Waals surface area contributed by atoms with Crippen molar-refractivity contribution in [1.82, 2.24) is 19.5 Å². The predicted octanol–water partition coefficient (Wildman–Crippen LogP) is 3.05. The highest BCUT2D eigenvalue weighted by Crippen LogP contribution is 2.31. The van der Waals surface area contributed by atoms with Crippen LogP contribution in [0.4, 0.5) is 11.5 Å². The Labute approximate surface area is 154 Å². The maximum Gasteiger partial charge on any atom is 0.167 e. The Bertz CT molecular complexity index is 980. The lowest BCUT2D eigenvalue weighted by Gasteiger charge is -2.14. The molecule has 27 heavy (non-hydrogen) atoms. The van der Waals surface area contributed by atoms with E-state index < -0.39 is 0 Å². The molecular formula is C17H18N8O2. The fraction of sp³-hybridized carbons (Fsp3) is 0.353. The van der Waals surface area contributed by atoms with Crippen LogP contribution >= 0.6 is 0 Å². The number of aliphatic hydroxyl groups is 1. The van der Waals surface area contributed by atoms with E-state index in [1.54, 1.807) is 18.5 Å². The van der Waals surface area contributed by atoms with Gasteiger partial charge in [-0.3, -0.25) is 4.57 Å². The van der Waals surface area contributed by atoms with Crippen molar-refractivity contribution in [3.05, 3.63) is 52.9 Å². The summed E-state index contributed by atoms with van der Waals surface area (Å²) < 4.78 is 7.70. The Morgan fingerprint density at radius 3 is 2.85 bits per heavy atom. The Kier molecular flexibility index (Phi) is 4.84. The second-order valence-corrected chi connectivity index (χ2v) is 6.23. The highest BCUT2D eigenvalue weighted by molar-refractivity contribution is 5.82. The molecule has 1 aromatic carbocycles. The largest absolute Gasteiger partial charge is 0.394 e. The lowest BCUT2D eigenvalue weighted by molar-refractivity contribution is -0.0207. The molecule has 0 aliphatic carbocycles. The van der Waals surface area contributed by atoms with Gasteiger partial charge >= 0.3 is 0 Å². The standard InChI is InChI=1S/C17H18N8O2/c18-24-23-12-3-1-11(2-4-12)7-19-16-15-17(21-9-20-16)25(10-22-15)14-6-5-13(8-26)27-14/h1-4,9-10,13-14,26H,5-8H2,(H,19,20,21)/t13-,14+/m0/s1. The molecule has 138 valence electrons. The third kappa shape index (κ3) is 3.54. The van der Waals surface area contributed by atoms with Crippen LogP contribution in [0.1, 0.15) is 24.6 Å². The van der Waals surface area contributed by atoms with Gasteiger partial charge in [-0.25, -0.2) is 15.0 Å². The van der Waals surface area contributed by atoms with Crippen molar-refractivity contribution < 1.29 is 9.84 Å². The van der Waals surface area contributed by atoms with Crippen molar-refractivity contribution in [3.8, 4) is 0 Å². The smallest absolute Gasteiger partial charge is 0.167 e. The molecule has 0 unspecified atom stereocenters. The molecule has 0 radical (unpaired) electrons. The summed E-state index contributed by atoms with van der Waals surface area (Å²) in [6.07, 6.45) is 4.49. The molecular weight excluding hydrogens is 348 g/mol. The first-order chi connectivity index (χ1) is 13.3. The quantitative estimate of drug-likeness (QED) is 0.391. The number of benzene rings is 1. The summed E-state index contributed by atoms with van der Waals surface area (Å²) in [4.78, 5) is 15.8. The van der Waals surface area contributed by atoms with Crippen LogP contribution < -0.4 is 5.32 Å². The van der Waals surface area contributed by atoms with E-state index in [9.17, 15) is 5.11 Å². The first-order valence-electron chi connectivity index (χ1n) is 8.60. The molecule has 3 heterocycles. The zero-order chi connectivity index (χ0) is 18.6. The predicted molar refractivity (Wildman–Crippen MR) is 98.1 cm³/mol. The third-order valence-electron chi connectivity index (χ3n) is 4.51. The molecule has 2 aromatic heterocycles. The van der Waals surface area contributed by atoms with E-state index in [1.807, 2.05) is 16.7 Å². The van der Waals surface area contributed by atoms with Crippen LogP contribution in [0.15, 0.2) is 42.0 Å². The van der Waals surface area contributed by atoms with Crippen LogP contribution in [-0.4, -0.2) is 37.3 Å². The van der Waals surface area contributed by atoms with Crippen LogP contribution in [0.3, 0.4) is 0 Å². The van der Waals surface area contributed by atoms with Crippen LogP contribution in [-0.2, 0) is 11.3 Å². The van der Waals surface area contributed by atoms with Crippen molar-refractivity contribution in [2.75, 3.05) is 11.9 Å². The van der Waals surface area contributed by atoms with Crippen LogP contribution in [0, 0.1) is 0 Å². The number of imidazole rings is 1. The lowest BCUT2D eigenvalue weighted by Crippen LogP contribution is -2.14. The molecule has 0 bridgehead atoms. The minimum absolute atomic E-state index is 0.0172. The Balaban J connectivity index is 1.52. The van der Waals surface area contributed by atoms with Gasteiger partial charge in [-0.05, 0) is 23.9 Å². The second kappa shape index (κ2) is 7.58. The molecule has 2 atom stereocenters. The number of anilines is 1. The highest BCUT2D eigenvalue weighted by atomic mass is 16.5. The number of hydrogen-bond donors (Lipinski definition) is 2. The molecule has 10 heteroatoms. The zero-order valence-electron chi connectivity index (χ0n) is 14.4. The van der Waals surface area contributed by atoms with Crippen molar-refractivity contribution in [2.45, 2.75) is 31.7 Å². The lowest BCUT2D eigenvalue weighted by atomic mass is 10.2. The van der Waals surface area contributed by atoms with E-state index in [-0.39, 0.29) is 18.9 Å². The number of aromatic nitrogens is 4. The molecule has 1 aliphatic heterocycles. The first kappa shape index (κ1) is 17.2. The zero-order valence-corrected chi connectivity index (χ0v) is 14.4. The van der Waals surface area contributed by atoms with Crippen molar-refractivity contribution in [1.29, 1.82) is 0 Å². The Morgan fingerprint density at radius 2 is 2.11 bits per heavy atom. The summed E-state index contributed by atoms with van der Waals surface area (Å²) in [6.45, 7) is 0.561. The fourth-order valence-corrected chi connectivity index (χ4v) is 3.14. The third-order valence-corrected chi connectivity index (χ3v) is 4.51. The minimum atomic E-state index is -0.178. The topological polar surface area (TPSA) is 134 Å². The number of hydrogen-bond acceptors (Lipinski definition) is 7. The molecule has 4 rings (SSSR count). The summed E-state index contributed by atoms with van der Waals surface area (Å²) in [7, 11) is 0. The van der Waals surface area contributed by atoms with Crippen LogP contribution in [0.25, 0.3) is 21.6 Å². The van der Waals surface area contributed by atoms with Crippen LogP contribution in [0.2, 0.25) is 0 Å². The van der Waals surface area contributed by atoms with Gasteiger partial charge in [-0.1, -0.05) is 29.4 Å². The summed E-state index contributed by atoms with van der Waals surface area (Å²) in [5.74, 6) is 0.634. The van der Waals surface area contributed by atoms with Crippen LogP contribution in [0.5, 0.6) is 0 Å². The van der Waals surface area contributed by atoms with Gasteiger partial charge < -0.3 is 15.2 Å². The summed E-state index contributed by atoms with van der Waals surface area (Å²) >= 11 is 0. The highest BCUT2D eigenvalue weighted by Gasteiger charge is 2.27. The van der Waals surface area contributed by atoms with E-state index in [0.717, 1.165) is 18.4 Å². The molecule has 2 N–H and O–H groups in total. The first-order valence-corrected chi connectivity index (χ1v) is 8.60. The molecule has 10 nitrogen and oxygen atoms in total. The maximum absolute atomic E-state index is 9.25. The van der Waals surface area contributed by atoms with E-state index in [4.69, 9.17) is 10.3 Å². The Hall–Kier alpha value is -3.20. The van der Waals surface area contributed by atoms with Gasteiger partial charge in [0.15, 0.2) is 17.0 Å². The number of aliphatic hydroxyl groups excluding tert-OH is 1. The maximum atomic E-state index is 9.25. The van der Waals surface area contributed by atoms with Gasteiger partial charge in [0.2, 0.25) is 0 Å². The SMILES string of the molecule is [N-]=[N+]=Nc1ccc(CNc2ncnc3c2ncn3[C@H]2CC[C@@H](CO)O2)cc1. The van der Waals surface area contributed by atoms with Crippen molar-refractivity contribution in [2.24, 2.45) is 5.11 Å². The van der Waals surface area contributed by atoms with Crippen molar-refractivity contribution >= 4 is 22.7 Å². The van der Waals surface area contributed by atoms with E-state index >= 15 is 0 Å². The monoisotopic (exact) mass is 366 g/mol. The average Bonchev–Trinajstić information content (AvgIpc) is 3.34. The van der Waals surface area contributed by atoms with Gasteiger partial charge in [0.25, 0.3) is 0 Å². The molecule has 3 aromatic rings. The normalized spacial score (nSPS) is 19.1. The van der Waals surface area contributed by atoms with Gasteiger partial charge in [0, 0.05) is 17.1 Å². The Morgan fingerprint density at radius 1 is 1.26 bits per heavy atom. The number of azide groups is 1. The molecule has 0 spiro atoms. The van der Waals surface area contributed by atoms with Crippen molar-refractivity contribution in [3.63, 3.8) is 0 Å². The molecule has 1 fully saturated rings.